The number of nitrogens with zero attached hydrogens (tertiary/aromatic N) is 1. The number of para-hydroxylation sites is 2. The molecule has 0 radical (unpaired) electrons. The van der Waals surface area contributed by atoms with Gasteiger partial charge in [-0.3, -0.25) is 0 Å². The predicted octanol–water partition coefficient (Wildman–Crippen LogP) is 6.03. The lowest BCUT2D eigenvalue weighted by molar-refractivity contribution is 0.983. The summed E-state index contributed by atoms with van der Waals surface area (Å²) in [7, 11) is 0. The van der Waals surface area contributed by atoms with Gasteiger partial charge in [-0.05, 0) is 30.7 Å². The summed E-state index contributed by atoms with van der Waals surface area (Å²) in [5, 5.41) is 3.44. The Morgan fingerprint density at radius 2 is 1.50 bits per heavy atom. The summed E-state index contributed by atoms with van der Waals surface area (Å²) in [6.07, 6.45) is 1.95. The zero-order valence-corrected chi connectivity index (χ0v) is 14.9. The van der Waals surface area contributed by atoms with Gasteiger partial charge >= 0.3 is 0 Å². The molecule has 128 valence electrons. The van der Waals surface area contributed by atoms with Gasteiger partial charge in [-0.2, -0.15) is 0 Å². The molecule has 0 heterocycles. The minimum absolute atomic E-state index is 0.807. The molecule has 3 aromatic rings. The van der Waals surface area contributed by atoms with Gasteiger partial charge in [-0.25, -0.2) is 4.99 Å². The summed E-state index contributed by atoms with van der Waals surface area (Å²) in [6, 6.07) is 28.3. The summed E-state index contributed by atoms with van der Waals surface area (Å²) in [6.45, 7) is 2.13. The largest absolute Gasteiger partial charge is 0.340 e. The van der Waals surface area contributed by atoms with E-state index in [9.17, 15) is 0 Å². The lowest BCUT2D eigenvalue weighted by Gasteiger charge is -2.11. The normalized spacial score (nSPS) is 10.7. The molecule has 3 rings (SSSR count). The fourth-order valence-corrected chi connectivity index (χ4v) is 2.50. The first-order valence-corrected chi connectivity index (χ1v) is 8.91. The second-order valence-corrected chi connectivity index (χ2v) is 5.89. The van der Waals surface area contributed by atoms with Crippen LogP contribution in [-0.4, -0.2) is 5.84 Å². The third-order valence-electron chi connectivity index (χ3n) is 3.82. The molecule has 1 N–H and O–H groups in total. The van der Waals surface area contributed by atoms with E-state index in [1.807, 2.05) is 72.8 Å². The van der Waals surface area contributed by atoms with Crippen molar-refractivity contribution in [3.05, 3.63) is 96.1 Å². The number of rotatable bonds is 4. The smallest absolute Gasteiger partial charge is 0.138 e. The number of hydrogen-bond donors (Lipinski definition) is 1. The predicted molar refractivity (Wildman–Crippen MR) is 111 cm³/mol. The second kappa shape index (κ2) is 9.25. The van der Waals surface area contributed by atoms with Gasteiger partial charge in [-0.15, -0.1) is 0 Å². The molecule has 0 fully saturated rings. The summed E-state index contributed by atoms with van der Waals surface area (Å²) in [5.41, 5.74) is 3.86. The van der Waals surface area contributed by atoms with Crippen LogP contribution >= 0.6 is 0 Å². The lowest BCUT2D eigenvalue weighted by Crippen LogP contribution is -2.13. The molecule has 0 saturated heterocycles. The Bertz CT molecular complexity index is 916. The van der Waals surface area contributed by atoms with Crippen LogP contribution in [0.5, 0.6) is 0 Å². The van der Waals surface area contributed by atoms with Crippen LogP contribution in [0.4, 0.5) is 11.4 Å². The Morgan fingerprint density at radius 1 is 0.846 bits per heavy atom. The number of anilines is 1. The zero-order valence-electron chi connectivity index (χ0n) is 14.9. The van der Waals surface area contributed by atoms with Crippen LogP contribution in [0.3, 0.4) is 0 Å². The first kappa shape index (κ1) is 17.5. The van der Waals surface area contributed by atoms with Crippen molar-refractivity contribution in [2.45, 2.75) is 19.8 Å². The van der Waals surface area contributed by atoms with Gasteiger partial charge in [0.15, 0.2) is 0 Å². The van der Waals surface area contributed by atoms with Crippen LogP contribution in [0.25, 0.3) is 0 Å². The topological polar surface area (TPSA) is 24.4 Å². The molecule has 0 aliphatic heterocycles. The summed E-state index contributed by atoms with van der Waals surface area (Å²) >= 11 is 0. The maximum Gasteiger partial charge on any atom is 0.138 e. The average Bonchev–Trinajstić information content (AvgIpc) is 2.70. The van der Waals surface area contributed by atoms with Crippen molar-refractivity contribution in [3.8, 4) is 11.8 Å². The standard InChI is InChI=1S/C24H22N2/c1-2-3-6-13-20-14-11-12-19-23(20)26-24(21-15-7-4-8-16-21)25-22-17-9-5-10-18-22/h4-5,7-12,14-19H,2-3H2,1H3,(H,25,26). The van der Waals surface area contributed by atoms with E-state index in [0.717, 1.165) is 41.2 Å². The Morgan fingerprint density at radius 3 is 2.23 bits per heavy atom. The molecule has 2 heteroatoms. The van der Waals surface area contributed by atoms with Gasteiger partial charge in [0.05, 0.1) is 11.3 Å². The molecule has 0 aromatic heterocycles. The van der Waals surface area contributed by atoms with E-state index in [-0.39, 0.29) is 0 Å². The van der Waals surface area contributed by atoms with Gasteiger partial charge in [0.1, 0.15) is 5.84 Å². The van der Waals surface area contributed by atoms with Crippen molar-refractivity contribution in [3.63, 3.8) is 0 Å². The third kappa shape index (κ3) is 4.84. The van der Waals surface area contributed by atoms with Gasteiger partial charge in [0.25, 0.3) is 0 Å². The SMILES string of the molecule is CCCC#Cc1ccccc1N=C(Nc1ccccc1)c1ccccc1. The number of amidine groups is 1. The highest BCUT2D eigenvalue weighted by Gasteiger charge is 2.06. The van der Waals surface area contributed by atoms with Crippen molar-refractivity contribution >= 4 is 17.2 Å². The highest BCUT2D eigenvalue weighted by atomic mass is 15.0. The second-order valence-electron chi connectivity index (χ2n) is 5.89. The van der Waals surface area contributed by atoms with Gasteiger partial charge in [-0.1, -0.05) is 79.4 Å². The molecule has 3 aromatic carbocycles. The average molecular weight is 338 g/mol. The van der Waals surface area contributed by atoms with Crippen molar-refractivity contribution < 1.29 is 0 Å². The minimum Gasteiger partial charge on any atom is -0.340 e. The molecule has 0 spiro atoms. The number of aliphatic imine (C=N–C) groups is 1. The monoisotopic (exact) mass is 338 g/mol. The van der Waals surface area contributed by atoms with E-state index in [2.05, 4.69) is 36.2 Å². The van der Waals surface area contributed by atoms with E-state index >= 15 is 0 Å². The molecule has 0 aliphatic rings. The van der Waals surface area contributed by atoms with Gasteiger partial charge < -0.3 is 5.32 Å². The van der Waals surface area contributed by atoms with E-state index in [1.165, 1.54) is 0 Å². The number of nitrogens with one attached hydrogen (secondary N) is 1. The highest BCUT2D eigenvalue weighted by Crippen LogP contribution is 2.20. The molecule has 0 bridgehead atoms. The van der Waals surface area contributed by atoms with E-state index < -0.39 is 0 Å². The van der Waals surface area contributed by atoms with Crippen molar-refractivity contribution in [2.24, 2.45) is 4.99 Å². The van der Waals surface area contributed by atoms with Crippen molar-refractivity contribution in [1.82, 2.24) is 0 Å². The van der Waals surface area contributed by atoms with Crippen LogP contribution in [0.1, 0.15) is 30.9 Å². The van der Waals surface area contributed by atoms with Crippen LogP contribution in [0, 0.1) is 11.8 Å². The summed E-state index contributed by atoms with van der Waals surface area (Å²) in [4.78, 5) is 4.91. The quantitative estimate of drug-likeness (QED) is 0.351. The maximum absolute atomic E-state index is 4.91. The van der Waals surface area contributed by atoms with Crippen LogP contribution in [-0.2, 0) is 0 Å². The molecule has 26 heavy (non-hydrogen) atoms. The third-order valence-corrected chi connectivity index (χ3v) is 3.82. The Hall–Kier alpha value is -3.31. The maximum atomic E-state index is 4.91. The fraction of sp³-hybridized carbons (Fsp3) is 0.125. The van der Waals surface area contributed by atoms with Crippen LogP contribution in [0.2, 0.25) is 0 Å². The number of hydrogen-bond acceptors (Lipinski definition) is 1. The van der Waals surface area contributed by atoms with Crippen molar-refractivity contribution in [2.75, 3.05) is 5.32 Å². The summed E-state index contributed by atoms with van der Waals surface area (Å²) < 4.78 is 0. The Labute approximate surface area is 155 Å². The molecule has 0 unspecified atom stereocenters. The van der Waals surface area contributed by atoms with Crippen LogP contribution in [0.15, 0.2) is 89.9 Å². The van der Waals surface area contributed by atoms with Crippen LogP contribution < -0.4 is 5.32 Å². The molecule has 0 amide bonds. The Kier molecular flexibility index (Phi) is 6.23. The number of benzene rings is 3. The first-order valence-electron chi connectivity index (χ1n) is 8.91. The first-order chi connectivity index (χ1) is 12.9. The van der Waals surface area contributed by atoms with Crippen molar-refractivity contribution in [1.29, 1.82) is 0 Å². The van der Waals surface area contributed by atoms with E-state index in [4.69, 9.17) is 4.99 Å². The molecular weight excluding hydrogens is 316 g/mol. The molecule has 2 nitrogen and oxygen atoms in total. The summed E-state index contributed by atoms with van der Waals surface area (Å²) in [5.74, 6) is 7.27. The highest BCUT2D eigenvalue weighted by molar-refractivity contribution is 6.09. The minimum atomic E-state index is 0.807. The van der Waals surface area contributed by atoms with E-state index in [0.29, 0.717) is 0 Å². The Balaban J connectivity index is 2.01. The molecule has 0 atom stereocenters. The van der Waals surface area contributed by atoms with E-state index in [1.54, 1.807) is 0 Å². The molecule has 0 saturated carbocycles. The molecular formula is C24H22N2. The molecule has 0 aliphatic carbocycles. The van der Waals surface area contributed by atoms with Gasteiger partial charge in [0, 0.05) is 17.7 Å². The van der Waals surface area contributed by atoms with Gasteiger partial charge in [0.2, 0.25) is 0 Å². The lowest BCUT2D eigenvalue weighted by atomic mass is 10.1. The number of unbranched alkanes of at least 4 members (excludes halogenated alkanes) is 1. The fourth-order valence-electron chi connectivity index (χ4n) is 2.50. The zero-order chi connectivity index (χ0) is 18.0.